The first-order chi connectivity index (χ1) is 21.7. The molecule has 13 heteroatoms. The smallest absolute Gasteiger partial charge is 0.408 e. The highest BCUT2D eigenvalue weighted by atomic mass is 16.6. The Bertz CT molecular complexity index is 1600. The molecule has 2 aliphatic rings. The molecule has 3 amide bonds. The molecule has 244 valence electrons. The minimum atomic E-state index is -1.32. The molecular formula is C33H38N4O9. The summed E-state index contributed by atoms with van der Waals surface area (Å²) in [6.45, 7) is 8.17. The van der Waals surface area contributed by atoms with Crippen LogP contribution in [0.5, 0.6) is 17.2 Å². The summed E-state index contributed by atoms with van der Waals surface area (Å²) in [4.78, 5) is 52.1. The zero-order chi connectivity index (χ0) is 33.6. The van der Waals surface area contributed by atoms with E-state index in [4.69, 9.17) is 14.2 Å². The number of nitrogens with one attached hydrogen (secondary N) is 3. The van der Waals surface area contributed by atoms with E-state index in [1.165, 1.54) is 12.1 Å². The van der Waals surface area contributed by atoms with Crippen molar-refractivity contribution in [3.05, 3.63) is 93.5 Å². The molecule has 3 aromatic rings. The van der Waals surface area contributed by atoms with Crippen LogP contribution in [0.3, 0.4) is 0 Å². The molecule has 0 spiro atoms. The predicted octanol–water partition coefficient (Wildman–Crippen LogP) is 4.63. The number of aliphatic hydroxyl groups excluding tert-OH is 1. The molecule has 0 radical (unpaired) electrons. The van der Waals surface area contributed by atoms with Gasteiger partial charge in [-0.1, -0.05) is 30.3 Å². The van der Waals surface area contributed by atoms with Gasteiger partial charge in [0.15, 0.2) is 0 Å². The van der Waals surface area contributed by atoms with E-state index in [0.717, 1.165) is 0 Å². The molecule has 2 heterocycles. The van der Waals surface area contributed by atoms with Gasteiger partial charge in [0, 0.05) is 12.5 Å². The summed E-state index contributed by atoms with van der Waals surface area (Å²) < 4.78 is 17.1. The van der Waals surface area contributed by atoms with Gasteiger partial charge in [0.2, 0.25) is 17.6 Å². The number of nitrogens with zero attached hydrogens (tertiary/aromatic N) is 1. The van der Waals surface area contributed by atoms with Gasteiger partial charge in [-0.3, -0.25) is 19.7 Å². The van der Waals surface area contributed by atoms with Crippen LogP contribution in [0.4, 0.5) is 10.5 Å². The summed E-state index contributed by atoms with van der Waals surface area (Å²) in [5.41, 5.74) is -0.0883. The Morgan fingerprint density at radius 3 is 2.43 bits per heavy atom. The number of aliphatic hydroxyl groups is 1. The maximum Gasteiger partial charge on any atom is 0.408 e. The largest absolute Gasteiger partial charge is 0.491 e. The topological polar surface area (TPSA) is 178 Å². The van der Waals surface area contributed by atoms with E-state index < -0.39 is 53.2 Å². The molecule has 0 unspecified atom stereocenters. The highest BCUT2D eigenvalue weighted by Crippen LogP contribution is 2.34. The number of nitro benzene ring substituents is 1. The Morgan fingerprint density at radius 1 is 1.04 bits per heavy atom. The molecule has 4 N–H and O–H groups in total. The average Bonchev–Trinajstić information content (AvgIpc) is 2.97. The van der Waals surface area contributed by atoms with Gasteiger partial charge in [-0.15, -0.1) is 0 Å². The number of rotatable bonds is 6. The standard InChI is InChI=1S/C33H38N4O9/c1-19(2)44-23-10-7-9-22(17-23)29-31(40)34-26(18-38)21-8-6-11-24(16-21)45-28-13-12-20(15-27(28)37(42)43)14-25(30(39)36-29)35-32(41)46-33(3,4)5/h6-13,15-17,19,25-26,29,38H,14,18H2,1-5H3,(H,34,40)(H,35,41)(H,36,39)/t25-,26+,29-/m1/s1. The van der Waals surface area contributed by atoms with Crippen LogP contribution >= 0.6 is 0 Å². The third-order valence-corrected chi connectivity index (χ3v) is 6.77. The van der Waals surface area contributed by atoms with Gasteiger partial charge in [-0.25, -0.2) is 4.79 Å². The van der Waals surface area contributed by atoms with Crippen LogP contribution in [0.2, 0.25) is 0 Å². The van der Waals surface area contributed by atoms with Gasteiger partial charge in [0.25, 0.3) is 0 Å². The van der Waals surface area contributed by atoms with Gasteiger partial charge >= 0.3 is 11.8 Å². The lowest BCUT2D eigenvalue weighted by atomic mass is 10.0. The number of amides is 3. The Labute approximate surface area is 266 Å². The quantitative estimate of drug-likeness (QED) is 0.222. The molecular weight excluding hydrogens is 596 g/mol. The summed E-state index contributed by atoms with van der Waals surface area (Å²) in [5, 5.41) is 30.4. The highest BCUT2D eigenvalue weighted by Gasteiger charge is 2.32. The van der Waals surface area contributed by atoms with Gasteiger partial charge < -0.3 is 35.3 Å². The second-order valence-electron chi connectivity index (χ2n) is 12.1. The van der Waals surface area contributed by atoms with Crippen LogP contribution in [0.25, 0.3) is 0 Å². The van der Waals surface area contributed by atoms with Crippen LogP contribution in [0, 0.1) is 10.1 Å². The van der Waals surface area contributed by atoms with Crippen molar-refractivity contribution in [3.63, 3.8) is 0 Å². The minimum absolute atomic E-state index is 0.0627. The third kappa shape index (κ3) is 8.94. The Morgan fingerprint density at radius 2 is 1.76 bits per heavy atom. The highest BCUT2D eigenvalue weighted by molar-refractivity contribution is 5.92. The van der Waals surface area contributed by atoms with Crippen LogP contribution in [-0.2, 0) is 20.7 Å². The molecule has 2 aliphatic heterocycles. The SMILES string of the molecule is CC(C)Oc1cccc([C@H]2NC(=O)[C@H](NC(=O)OC(C)(C)C)Cc3ccc(c([N+](=O)[O-])c3)Oc3cccc(c3)[C@H](CO)NC2=O)c1. The molecule has 0 fully saturated rings. The Balaban J connectivity index is 1.83. The lowest BCUT2D eigenvalue weighted by Crippen LogP contribution is -2.52. The van der Waals surface area contributed by atoms with Crippen molar-refractivity contribution in [2.24, 2.45) is 0 Å². The molecule has 5 rings (SSSR count). The Hall–Kier alpha value is -5.17. The zero-order valence-electron chi connectivity index (χ0n) is 26.2. The van der Waals surface area contributed by atoms with Gasteiger partial charge in [0.05, 0.1) is 23.7 Å². The van der Waals surface area contributed by atoms with Crippen molar-refractivity contribution in [2.75, 3.05) is 6.61 Å². The maximum atomic E-state index is 13.9. The Kier molecular flexibility index (Phi) is 10.5. The van der Waals surface area contributed by atoms with Gasteiger partial charge in [-0.05, 0) is 81.6 Å². The van der Waals surface area contributed by atoms with Crippen LogP contribution in [0.15, 0.2) is 66.7 Å². The van der Waals surface area contributed by atoms with Crippen LogP contribution in [-0.4, -0.2) is 52.3 Å². The first kappa shape index (κ1) is 33.7. The number of nitro groups is 1. The fraction of sp³-hybridized carbons (Fsp3) is 0.364. The number of carbonyl (C=O) groups excluding carboxylic acids is 3. The predicted molar refractivity (Wildman–Crippen MR) is 168 cm³/mol. The maximum absolute atomic E-state index is 13.9. The lowest BCUT2D eigenvalue weighted by molar-refractivity contribution is -0.385. The van der Waals surface area contributed by atoms with Gasteiger partial charge in [-0.2, -0.15) is 0 Å². The van der Waals surface area contributed by atoms with E-state index in [9.17, 15) is 29.6 Å². The van der Waals surface area contributed by atoms with E-state index >= 15 is 0 Å². The molecule has 0 aromatic heterocycles. The minimum Gasteiger partial charge on any atom is -0.491 e. The van der Waals surface area contributed by atoms with E-state index in [1.54, 1.807) is 75.4 Å². The fourth-order valence-corrected chi connectivity index (χ4v) is 4.81. The van der Waals surface area contributed by atoms with Crippen LogP contribution < -0.4 is 25.4 Å². The van der Waals surface area contributed by atoms with Crippen molar-refractivity contribution >= 4 is 23.6 Å². The monoisotopic (exact) mass is 634 g/mol. The second kappa shape index (κ2) is 14.3. The number of ether oxygens (including phenoxy) is 3. The molecule has 4 bridgehead atoms. The molecule has 0 aliphatic carbocycles. The number of carbonyl (C=O) groups is 3. The molecule has 46 heavy (non-hydrogen) atoms. The first-order valence-corrected chi connectivity index (χ1v) is 14.7. The second-order valence-corrected chi connectivity index (χ2v) is 12.1. The third-order valence-electron chi connectivity index (χ3n) is 6.77. The van der Waals surface area contributed by atoms with Crippen molar-refractivity contribution in [1.29, 1.82) is 0 Å². The van der Waals surface area contributed by atoms with Crippen LogP contribution in [0.1, 0.15) is 63.4 Å². The number of fused-ring (bicyclic) bond motifs is 9. The summed E-state index contributed by atoms with van der Waals surface area (Å²) in [7, 11) is 0. The number of alkyl carbamates (subject to hydrolysis) is 1. The molecule has 0 saturated carbocycles. The van der Waals surface area contributed by atoms with Gasteiger partial charge in [0.1, 0.15) is 29.2 Å². The normalized spacial score (nSPS) is 18.6. The first-order valence-electron chi connectivity index (χ1n) is 14.7. The van der Waals surface area contributed by atoms with Crippen molar-refractivity contribution in [3.8, 4) is 17.2 Å². The lowest BCUT2D eigenvalue weighted by Gasteiger charge is -2.27. The summed E-state index contributed by atoms with van der Waals surface area (Å²) in [6, 6.07) is 13.7. The summed E-state index contributed by atoms with van der Waals surface area (Å²) in [6.07, 6.45) is -1.25. The van der Waals surface area contributed by atoms with Crippen molar-refractivity contribution in [1.82, 2.24) is 16.0 Å². The fourth-order valence-electron chi connectivity index (χ4n) is 4.81. The number of benzene rings is 3. The number of hydrogen-bond donors (Lipinski definition) is 4. The average molecular weight is 635 g/mol. The zero-order valence-corrected chi connectivity index (χ0v) is 26.2. The van der Waals surface area contributed by atoms with E-state index in [2.05, 4.69) is 16.0 Å². The van der Waals surface area contributed by atoms with E-state index in [-0.39, 0.29) is 29.7 Å². The molecule has 3 atom stereocenters. The van der Waals surface area contributed by atoms with E-state index in [1.807, 2.05) is 13.8 Å². The number of hydrogen-bond acceptors (Lipinski definition) is 9. The molecule has 3 aromatic carbocycles. The molecule has 13 nitrogen and oxygen atoms in total. The van der Waals surface area contributed by atoms with E-state index in [0.29, 0.717) is 22.4 Å². The van der Waals surface area contributed by atoms with Crippen molar-refractivity contribution < 1.29 is 38.6 Å². The summed E-state index contributed by atoms with van der Waals surface area (Å²) in [5.74, 6) is -0.782. The summed E-state index contributed by atoms with van der Waals surface area (Å²) >= 11 is 0. The van der Waals surface area contributed by atoms with Crippen molar-refractivity contribution in [2.45, 2.75) is 70.9 Å². The molecule has 0 saturated heterocycles.